The Bertz CT molecular complexity index is 906. The Morgan fingerprint density at radius 3 is 2.15 bits per heavy atom. The highest BCUT2D eigenvalue weighted by molar-refractivity contribution is 5.94. The van der Waals surface area contributed by atoms with Crippen LogP contribution in [-0.2, 0) is 6.61 Å². The number of ether oxygens (including phenoxy) is 3. The van der Waals surface area contributed by atoms with Crippen molar-refractivity contribution in [1.29, 1.82) is 0 Å². The van der Waals surface area contributed by atoms with E-state index in [2.05, 4.69) is 0 Å². The van der Waals surface area contributed by atoms with Gasteiger partial charge in [-0.1, -0.05) is 36.4 Å². The molecular weight excluding hydrogens is 347 g/mol. The molecule has 0 saturated carbocycles. The topological polar surface area (TPSA) is 44.8 Å². The van der Waals surface area contributed by atoms with E-state index in [9.17, 15) is 9.18 Å². The lowest BCUT2D eigenvalue weighted by Crippen LogP contribution is -2.11. The quantitative estimate of drug-likeness (QED) is 0.435. The third-order valence-corrected chi connectivity index (χ3v) is 3.77. The molecule has 0 spiro atoms. The van der Waals surface area contributed by atoms with Crippen molar-refractivity contribution in [2.45, 2.75) is 13.5 Å². The average Bonchev–Trinajstić information content (AvgIpc) is 2.69. The van der Waals surface area contributed by atoms with E-state index >= 15 is 0 Å². The molecule has 0 aromatic heterocycles. The molecule has 3 rings (SSSR count). The molecule has 0 aliphatic heterocycles. The van der Waals surface area contributed by atoms with Crippen molar-refractivity contribution in [1.82, 2.24) is 0 Å². The summed E-state index contributed by atoms with van der Waals surface area (Å²) in [5.74, 6) is 0.379. The summed E-state index contributed by atoms with van der Waals surface area (Å²) in [5.41, 5.74) is 1.09. The fraction of sp³-hybridized carbons (Fsp3) is 0.136. The van der Waals surface area contributed by atoms with Gasteiger partial charge in [0.05, 0.1) is 6.61 Å². The van der Waals surface area contributed by atoms with Gasteiger partial charge in [0.1, 0.15) is 23.7 Å². The largest absolute Gasteiger partial charge is 0.490 e. The highest BCUT2D eigenvalue weighted by atomic mass is 19.1. The normalized spacial score (nSPS) is 10.3. The van der Waals surface area contributed by atoms with Crippen LogP contribution in [-0.4, -0.2) is 12.6 Å². The van der Waals surface area contributed by atoms with Gasteiger partial charge in [0.2, 0.25) is 0 Å². The monoisotopic (exact) mass is 366 g/mol. The number of carbonyl (C=O) groups is 1. The van der Waals surface area contributed by atoms with Crippen LogP contribution in [0.4, 0.5) is 4.39 Å². The second kappa shape index (κ2) is 8.85. The smallest absolute Gasteiger partial charge is 0.347 e. The number of esters is 1. The van der Waals surface area contributed by atoms with E-state index in [0.717, 1.165) is 5.56 Å². The van der Waals surface area contributed by atoms with E-state index in [1.807, 2.05) is 13.0 Å². The average molecular weight is 366 g/mol. The van der Waals surface area contributed by atoms with Gasteiger partial charge < -0.3 is 14.2 Å². The molecular formula is C22H19FO4. The van der Waals surface area contributed by atoms with Crippen LogP contribution < -0.4 is 14.2 Å². The standard InChI is InChI=1S/C22H19FO4/c1-2-25-20-9-5-6-10-21(20)27-22(24)18-7-3-4-8-19(18)26-15-16-11-13-17(23)14-12-16/h3-14H,2,15H2,1H3. The molecule has 0 amide bonds. The molecule has 5 heteroatoms. The SMILES string of the molecule is CCOc1ccccc1OC(=O)c1ccccc1OCc1ccc(F)cc1. The first kappa shape index (κ1) is 18.5. The molecule has 0 N–H and O–H groups in total. The van der Waals surface area contributed by atoms with Crippen molar-refractivity contribution in [3.63, 3.8) is 0 Å². The summed E-state index contributed by atoms with van der Waals surface area (Å²) < 4.78 is 29.7. The number of benzene rings is 3. The summed E-state index contributed by atoms with van der Waals surface area (Å²) in [7, 11) is 0. The van der Waals surface area contributed by atoms with Crippen LogP contribution in [0.15, 0.2) is 72.8 Å². The minimum Gasteiger partial charge on any atom is -0.490 e. The number of para-hydroxylation sites is 3. The van der Waals surface area contributed by atoms with E-state index in [-0.39, 0.29) is 12.4 Å². The Hall–Kier alpha value is -3.34. The molecule has 0 atom stereocenters. The van der Waals surface area contributed by atoms with Gasteiger partial charge in [-0.15, -0.1) is 0 Å². The minimum atomic E-state index is -0.545. The fourth-order valence-electron chi connectivity index (χ4n) is 2.47. The first-order chi connectivity index (χ1) is 13.2. The van der Waals surface area contributed by atoms with Crippen LogP contribution in [0.3, 0.4) is 0 Å². The number of hydrogen-bond acceptors (Lipinski definition) is 4. The van der Waals surface area contributed by atoms with Crippen LogP contribution >= 0.6 is 0 Å². The Labute approximate surface area is 157 Å². The van der Waals surface area contributed by atoms with Gasteiger partial charge in [-0.05, 0) is 48.9 Å². The maximum atomic E-state index is 13.0. The van der Waals surface area contributed by atoms with E-state index in [0.29, 0.717) is 29.4 Å². The van der Waals surface area contributed by atoms with Crippen LogP contribution in [0.25, 0.3) is 0 Å². The summed E-state index contributed by atoms with van der Waals surface area (Å²) >= 11 is 0. The van der Waals surface area contributed by atoms with Crippen LogP contribution in [0.2, 0.25) is 0 Å². The summed E-state index contributed by atoms with van der Waals surface area (Å²) in [6.45, 7) is 2.53. The van der Waals surface area contributed by atoms with E-state index in [1.165, 1.54) is 12.1 Å². The Balaban J connectivity index is 1.75. The van der Waals surface area contributed by atoms with Crippen LogP contribution in [0, 0.1) is 5.82 Å². The number of rotatable bonds is 7. The summed E-state index contributed by atoms with van der Waals surface area (Å²) in [6, 6.07) is 19.8. The summed E-state index contributed by atoms with van der Waals surface area (Å²) in [6.07, 6.45) is 0. The van der Waals surface area contributed by atoms with E-state index in [4.69, 9.17) is 14.2 Å². The summed E-state index contributed by atoms with van der Waals surface area (Å²) in [5, 5.41) is 0. The minimum absolute atomic E-state index is 0.208. The van der Waals surface area contributed by atoms with Gasteiger partial charge >= 0.3 is 5.97 Å². The van der Waals surface area contributed by atoms with Gasteiger partial charge in [-0.25, -0.2) is 9.18 Å². The van der Waals surface area contributed by atoms with E-state index in [1.54, 1.807) is 54.6 Å². The molecule has 0 aliphatic carbocycles. The molecule has 4 nitrogen and oxygen atoms in total. The van der Waals surface area contributed by atoms with Gasteiger partial charge in [-0.2, -0.15) is 0 Å². The molecule has 0 unspecified atom stereocenters. The van der Waals surface area contributed by atoms with Gasteiger partial charge in [-0.3, -0.25) is 0 Å². The van der Waals surface area contributed by atoms with Crippen molar-refractivity contribution in [3.8, 4) is 17.2 Å². The first-order valence-corrected chi connectivity index (χ1v) is 8.57. The Morgan fingerprint density at radius 1 is 0.815 bits per heavy atom. The van der Waals surface area contributed by atoms with Crippen molar-refractivity contribution in [3.05, 3.63) is 89.7 Å². The number of halogens is 1. The molecule has 138 valence electrons. The molecule has 0 heterocycles. The molecule has 27 heavy (non-hydrogen) atoms. The van der Waals surface area contributed by atoms with Crippen LogP contribution in [0.1, 0.15) is 22.8 Å². The third-order valence-electron chi connectivity index (χ3n) is 3.77. The lowest BCUT2D eigenvalue weighted by Gasteiger charge is -2.13. The molecule has 3 aromatic carbocycles. The van der Waals surface area contributed by atoms with E-state index < -0.39 is 5.97 Å². The highest BCUT2D eigenvalue weighted by Crippen LogP contribution is 2.29. The molecule has 0 saturated heterocycles. The molecule has 3 aromatic rings. The van der Waals surface area contributed by atoms with Crippen molar-refractivity contribution in [2.75, 3.05) is 6.61 Å². The highest BCUT2D eigenvalue weighted by Gasteiger charge is 2.16. The maximum absolute atomic E-state index is 13.0. The Kier molecular flexibility index (Phi) is 6.05. The maximum Gasteiger partial charge on any atom is 0.347 e. The zero-order valence-corrected chi connectivity index (χ0v) is 14.9. The lowest BCUT2D eigenvalue weighted by molar-refractivity contribution is 0.0723. The van der Waals surface area contributed by atoms with Crippen molar-refractivity contribution in [2.24, 2.45) is 0 Å². The van der Waals surface area contributed by atoms with Crippen molar-refractivity contribution >= 4 is 5.97 Å². The van der Waals surface area contributed by atoms with Crippen molar-refractivity contribution < 1.29 is 23.4 Å². The van der Waals surface area contributed by atoms with Gasteiger partial charge in [0, 0.05) is 0 Å². The summed E-state index contributed by atoms with van der Waals surface area (Å²) in [4.78, 5) is 12.6. The van der Waals surface area contributed by atoms with Gasteiger partial charge in [0.25, 0.3) is 0 Å². The second-order valence-electron chi connectivity index (χ2n) is 5.68. The molecule has 0 radical (unpaired) electrons. The predicted molar refractivity (Wildman–Crippen MR) is 99.7 cm³/mol. The predicted octanol–water partition coefficient (Wildman–Crippen LogP) is 5.02. The zero-order chi connectivity index (χ0) is 19.1. The molecule has 0 fully saturated rings. The van der Waals surface area contributed by atoms with Gasteiger partial charge in [0.15, 0.2) is 11.5 Å². The zero-order valence-electron chi connectivity index (χ0n) is 14.9. The number of hydrogen-bond donors (Lipinski definition) is 0. The molecule has 0 aliphatic rings. The third kappa shape index (κ3) is 4.85. The van der Waals surface area contributed by atoms with Crippen LogP contribution in [0.5, 0.6) is 17.2 Å². The second-order valence-corrected chi connectivity index (χ2v) is 5.68. The first-order valence-electron chi connectivity index (χ1n) is 8.57. The number of carbonyl (C=O) groups excluding carboxylic acids is 1. The molecule has 0 bridgehead atoms. The fourth-order valence-corrected chi connectivity index (χ4v) is 2.47. The lowest BCUT2D eigenvalue weighted by atomic mass is 10.2. The Morgan fingerprint density at radius 2 is 1.44 bits per heavy atom.